The molecule has 0 saturated carbocycles. The molecule has 0 aliphatic heterocycles. The minimum absolute atomic E-state index is 0.520. The van der Waals surface area contributed by atoms with Crippen LogP contribution in [0.2, 0.25) is 0 Å². The normalized spacial score (nSPS) is 11.3. The van der Waals surface area contributed by atoms with Crippen LogP contribution in [0.25, 0.3) is 168 Å². The lowest BCUT2D eigenvalue weighted by atomic mass is 9.95. The van der Waals surface area contributed by atoms with Crippen molar-refractivity contribution in [3.8, 4) is 136 Å². The summed E-state index contributed by atoms with van der Waals surface area (Å²) in [7, 11) is 0. The maximum absolute atomic E-state index is 9.92. The Balaban J connectivity index is 0.903. The third-order valence-corrected chi connectivity index (χ3v) is 17.8. The van der Waals surface area contributed by atoms with Crippen LogP contribution in [0.3, 0.4) is 0 Å². The van der Waals surface area contributed by atoms with E-state index in [4.69, 9.17) is 29.9 Å². The molecule has 13 aromatic carbocycles. The zero-order valence-electron chi connectivity index (χ0n) is 51.5. The van der Waals surface area contributed by atoms with Crippen LogP contribution in [0, 0.1) is 22.7 Å². The lowest BCUT2D eigenvalue weighted by molar-refractivity contribution is 1.07. The molecule has 0 aliphatic rings. The Kier molecular flexibility index (Phi) is 14.1. The SMILES string of the molecule is N#Cc1cccc(-c2ccc3c(c2)c2ccccc2n3-c2cc(-c3cccc(-c4cc(-c5nc(-c6ccccc6)nc(-c6ccccc6)n5)ccc4-n4c5ccccc5c5cc(-c6cccc(C#N)c6)ccc54)c3)cc(-c3nc(-c4ccccc4)nc(-c4ccccc4)n3)c2)c1. The van der Waals surface area contributed by atoms with Gasteiger partial charge in [0.1, 0.15) is 0 Å². The number of hydrogen-bond donors (Lipinski definition) is 0. The van der Waals surface area contributed by atoms with Gasteiger partial charge in [-0.1, -0.05) is 212 Å². The fraction of sp³-hybridized carbons (Fsp3) is 0. The summed E-state index contributed by atoms with van der Waals surface area (Å²) >= 11 is 0. The van der Waals surface area contributed by atoms with Crippen LogP contribution in [0.4, 0.5) is 0 Å². The Labute approximate surface area is 553 Å². The number of fused-ring (bicyclic) bond motifs is 6. The topological polar surface area (TPSA) is 135 Å². The number of para-hydroxylation sites is 2. The molecule has 10 nitrogen and oxygen atoms in total. The van der Waals surface area contributed by atoms with Crippen molar-refractivity contribution >= 4 is 43.6 Å². The van der Waals surface area contributed by atoms with E-state index in [1.807, 2.05) is 158 Å². The fourth-order valence-corrected chi connectivity index (χ4v) is 13.3. The predicted octanol–water partition coefficient (Wildman–Crippen LogP) is 20.7. The molecule has 0 radical (unpaired) electrons. The maximum atomic E-state index is 9.92. The summed E-state index contributed by atoms with van der Waals surface area (Å²) in [5, 5.41) is 24.2. The first kappa shape index (κ1) is 56.4. The highest BCUT2D eigenvalue weighted by molar-refractivity contribution is 6.12. The fourth-order valence-electron chi connectivity index (χ4n) is 13.3. The molecule has 0 unspecified atom stereocenters. The Bertz CT molecular complexity index is 5870. The van der Waals surface area contributed by atoms with Crippen molar-refractivity contribution < 1.29 is 0 Å². The van der Waals surface area contributed by atoms with E-state index in [2.05, 4.69) is 179 Å². The monoisotopic (exact) mass is 1220 g/mol. The van der Waals surface area contributed by atoms with Crippen LogP contribution < -0.4 is 0 Å². The molecule has 4 heterocycles. The van der Waals surface area contributed by atoms with Gasteiger partial charge in [0, 0.05) is 66.2 Å². The first-order chi connectivity index (χ1) is 47.4. The average molecular weight is 1230 g/mol. The molecule has 17 aromatic rings. The van der Waals surface area contributed by atoms with Gasteiger partial charge in [-0.3, -0.25) is 0 Å². The minimum atomic E-state index is 0.520. The number of aromatic nitrogens is 8. The van der Waals surface area contributed by atoms with E-state index in [1.165, 1.54) is 0 Å². The van der Waals surface area contributed by atoms with Gasteiger partial charge >= 0.3 is 0 Å². The van der Waals surface area contributed by atoms with Crippen molar-refractivity contribution in [1.29, 1.82) is 10.5 Å². The zero-order chi connectivity index (χ0) is 64.1. The molecule has 0 bridgehead atoms. The van der Waals surface area contributed by atoms with Gasteiger partial charge in [-0.2, -0.15) is 10.5 Å². The van der Waals surface area contributed by atoms with E-state index >= 15 is 0 Å². The summed E-state index contributed by atoms with van der Waals surface area (Å²) in [4.78, 5) is 31.4. The standard InChI is InChI=1S/C86H52N10/c87-53-55-20-17-30-61(44-55)64-38-41-79-74(50-64)71-34-13-15-36-76(71)95(79)70-48-68(47-69(49-70)86-93-83(59-26-9-3-10-27-59)90-84(94-86)60-28-11-4-12-29-60)63-32-19-33-66(46-63)73-52-67(85-91-81(57-22-5-1-6-23-57)89-82(92-85)58-24-7-2-8-25-58)40-43-78(73)96-77-37-16-14-35-72(77)75-51-65(39-42-80(75)96)62-31-18-21-56(45-62)54-88/h1-52H. The quantitative estimate of drug-likeness (QED) is 0.118. The Morgan fingerprint density at radius 3 is 1.05 bits per heavy atom. The highest BCUT2D eigenvalue weighted by Gasteiger charge is 2.23. The highest BCUT2D eigenvalue weighted by atomic mass is 15.1. The molecule has 0 fully saturated rings. The van der Waals surface area contributed by atoms with Crippen molar-refractivity contribution in [2.24, 2.45) is 0 Å². The van der Waals surface area contributed by atoms with Gasteiger partial charge in [-0.25, -0.2) is 29.9 Å². The molecule has 0 spiro atoms. The van der Waals surface area contributed by atoms with Crippen LogP contribution in [-0.2, 0) is 0 Å². The average Bonchev–Trinajstić information content (AvgIpc) is 1.54. The lowest BCUT2D eigenvalue weighted by Gasteiger charge is -2.18. The zero-order valence-corrected chi connectivity index (χ0v) is 51.5. The van der Waals surface area contributed by atoms with Crippen LogP contribution >= 0.6 is 0 Å². The van der Waals surface area contributed by atoms with Crippen molar-refractivity contribution in [2.45, 2.75) is 0 Å². The smallest absolute Gasteiger partial charge is 0.164 e. The number of nitriles is 2. The summed E-state index contributed by atoms with van der Waals surface area (Å²) in [6.45, 7) is 0. The van der Waals surface area contributed by atoms with Gasteiger partial charge < -0.3 is 9.13 Å². The Hall–Kier alpha value is -13.5. The molecule has 4 aromatic heterocycles. The van der Waals surface area contributed by atoms with E-state index in [-0.39, 0.29) is 0 Å². The van der Waals surface area contributed by atoms with E-state index < -0.39 is 0 Å². The third kappa shape index (κ3) is 10.4. The number of benzene rings is 13. The van der Waals surface area contributed by atoms with Crippen LogP contribution in [-0.4, -0.2) is 39.0 Å². The molecule has 0 aliphatic carbocycles. The molecule has 0 N–H and O–H groups in total. The molecule has 446 valence electrons. The van der Waals surface area contributed by atoms with Crippen molar-refractivity contribution in [2.75, 3.05) is 0 Å². The van der Waals surface area contributed by atoms with Gasteiger partial charge in [-0.05, 0) is 142 Å². The summed E-state index contributed by atoms with van der Waals surface area (Å²) < 4.78 is 4.71. The van der Waals surface area contributed by atoms with Gasteiger partial charge in [-0.15, -0.1) is 0 Å². The van der Waals surface area contributed by atoms with Crippen LogP contribution in [0.1, 0.15) is 11.1 Å². The van der Waals surface area contributed by atoms with E-state index in [0.29, 0.717) is 46.1 Å². The van der Waals surface area contributed by atoms with E-state index in [0.717, 1.165) is 133 Å². The second-order valence-corrected chi connectivity index (χ2v) is 23.7. The largest absolute Gasteiger partial charge is 0.309 e. The number of nitrogens with zero attached hydrogens (tertiary/aromatic N) is 10. The summed E-state index contributed by atoms with van der Waals surface area (Å²) in [6, 6.07) is 113. The van der Waals surface area contributed by atoms with E-state index in [9.17, 15) is 10.5 Å². The molecular formula is C86H52N10. The van der Waals surface area contributed by atoms with Crippen LogP contribution in [0.15, 0.2) is 315 Å². The molecule has 0 atom stereocenters. The first-order valence-electron chi connectivity index (χ1n) is 31.7. The number of hydrogen-bond acceptors (Lipinski definition) is 8. The van der Waals surface area contributed by atoms with Gasteiger partial charge in [0.25, 0.3) is 0 Å². The minimum Gasteiger partial charge on any atom is -0.309 e. The molecule has 0 amide bonds. The van der Waals surface area contributed by atoms with Gasteiger partial charge in [0.2, 0.25) is 0 Å². The molecule has 96 heavy (non-hydrogen) atoms. The highest BCUT2D eigenvalue weighted by Crippen LogP contribution is 2.43. The second kappa shape index (κ2) is 23.9. The lowest BCUT2D eigenvalue weighted by Crippen LogP contribution is -2.02. The molecule has 17 rings (SSSR count). The van der Waals surface area contributed by atoms with Crippen LogP contribution in [0.5, 0.6) is 0 Å². The van der Waals surface area contributed by atoms with Gasteiger partial charge in [0.05, 0.1) is 51.0 Å². The van der Waals surface area contributed by atoms with Crippen molar-refractivity contribution in [3.63, 3.8) is 0 Å². The van der Waals surface area contributed by atoms with Crippen molar-refractivity contribution in [3.05, 3.63) is 327 Å². The third-order valence-electron chi connectivity index (χ3n) is 17.8. The predicted molar refractivity (Wildman–Crippen MR) is 386 cm³/mol. The Morgan fingerprint density at radius 1 is 0.219 bits per heavy atom. The summed E-state index contributed by atoms with van der Waals surface area (Å²) in [6.07, 6.45) is 0. The second-order valence-electron chi connectivity index (χ2n) is 23.7. The maximum Gasteiger partial charge on any atom is 0.164 e. The molecular weight excluding hydrogens is 1170 g/mol. The van der Waals surface area contributed by atoms with Gasteiger partial charge in [0.15, 0.2) is 34.9 Å². The first-order valence-corrected chi connectivity index (χ1v) is 31.7. The summed E-state index contributed by atoms with van der Waals surface area (Å²) in [5.74, 6) is 3.31. The van der Waals surface area contributed by atoms with Crippen molar-refractivity contribution in [1.82, 2.24) is 39.0 Å². The molecule has 10 heteroatoms. The summed E-state index contributed by atoms with van der Waals surface area (Å²) in [5.41, 5.74) is 20.0. The number of rotatable bonds is 12. The van der Waals surface area contributed by atoms with E-state index in [1.54, 1.807) is 0 Å². The molecule has 0 saturated heterocycles. The Morgan fingerprint density at radius 2 is 0.562 bits per heavy atom.